The van der Waals surface area contributed by atoms with Gasteiger partial charge in [-0.2, -0.15) is 0 Å². The minimum Gasteiger partial charge on any atom is -0.307 e. The molecule has 0 aliphatic carbocycles. The Bertz CT molecular complexity index is 442. The van der Waals surface area contributed by atoms with Gasteiger partial charge in [0.15, 0.2) is 0 Å². The fourth-order valence-corrected chi connectivity index (χ4v) is 3.21. The molecular formula is C16H24BrFN2. The maximum absolute atomic E-state index is 13.3. The van der Waals surface area contributed by atoms with Crippen LogP contribution in [-0.2, 0) is 0 Å². The molecule has 0 bridgehead atoms. The second-order valence-corrected chi connectivity index (χ2v) is 6.82. The highest BCUT2D eigenvalue weighted by atomic mass is 79.9. The van der Waals surface area contributed by atoms with E-state index >= 15 is 0 Å². The molecule has 0 saturated carbocycles. The van der Waals surface area contributed by atoms with E-state index in [0.717, 1.165) is 18.7 Å². The van der Waals surface area contributed by atoms with Crippen LogP contribution in [0.1, 0.15) is 45.2 Å². The van der Waals surface area contributed by atoms with Crippen LogP contribution in [-0.4, -0.2) is 30.1 Å². The number of hydrogen-bond acceptors (Lipinski definition) is 2. The third-order valence-corrected chi connectivity index (χ3v) is 4.80. The fraction of sp³-hybridized carbons (Fsp3) is 0.625. The molecule has 1 aliphatic heterocycles. The van der Waals surface area contributed by atoms with Crippen molar-refractivity contribution in [2.24, 2.45) is 0 Å². The first-order valence-corrected chi connectivity index (χ1v) is 8.21. The van der Waals surface area contributed by atoms with Gasteiger partial charge < -0.3 is 10.2 Å². The van der Waals surface area contributed by atoms with E-state index in [1.165, 1.54) is 18.9 Å². The van der Waals surface area contributed by atoms with E-state index in [9.17, 15) is 4.39 Å². The van der Waals surface area contributed by atoms with Gasteiger partial charge in [0.1, 0.15) is 5.82 Å². The van der Waals surface area contributed by atoms with E-state index in [1.54, 1.807) is 0 Å². The van der Waals surface area contributed by atoms with E-state index in [2.05, 4.69) is 46.9 Å². The van der Waals surface area contributed by atoms with Crippen molar-refractivity contribution in [1.82, 2.24) is 10.2 Å². The summed E-state index contributed by atoms with van der Waals surface area (Å²) in [5, 5.41) is 3.67. The minimum atomic E-state index is -0.203. The molecule has 1 heterocycles. The largest absolute Gasteiger partial charge is 0.307 e. The molecule has 20 heavy (non-hydrogen) atoms. The first-order valence-electron chi connectivity index (χ1n) is 7.42. The van der Waals surface area contributed by atoms with Crippen LogP contribution in [0.15, 0.2) is 22.7 Å². The average molecular weight is 343 g/mol. The van der Waals surface area contributed by atoms with Crippen molar-refractivity contribution >= 4 is 15.9 Å². The third-order valence-electron chi connectivity index (χ3n) is 4.19. The topological polar surface area (TPSA) is 15.3 Å². The Morgan fingerprint density at radius 2 is 1.90 bits per heavy atom. The van der Waals surface area contributed by atoms with Gasteiger partial charge in [-0.05, 0) is 80.3 Å². The molecule has 112 valence electrons. The molecule has 4 heteroatoms. The van der Waals surface area contributed by atoms with Crippen molar-refractivity contribution in [2.75, 3.05) is 13.1 Å². The van der Waals surface area contributed by atoms with Crippen LogP contribution in [0.25, 0.3) is 0 Å². The van der Waals surface area contributed by atoms with Gasteiger partial charge in [0, 0.05) is 18.1 Å². The standard InChI is InChI=1S/C16H24BrFN2/c1-11(2)20-8-6-14(7-9-20)19-12(3)13-4-5-16(18)15(17)10-13/h4-5,10-12,14,19H,6-9H2,1-3H3. The molecule has 2 nitrogen and oxygen atoms in total. The van der Waals surface area contributed by atoms with E-state index in [-0.39, 0.29) is 11.9 Å². The molecule has 1 N–H and O–H groups in total. The van der Waals surface area contributed by atoms with Gasteiger partial charge in [-0.25, -0.2) is 4.39 Å². The number of hydrogen-bond donors (Lipinski definition) is 1. The summed E-state index contributed by atoms with van der Waals surface area (Å²) in [7, 11) is 0. The lowest BCUT2D eigenvalue weighted by Crippen LogP contribution is -2.45. The summed E-state index contributed by atoms with van der Waals surface area (Å²) in [6, 6.07) is 6.71. The molecule has 1 atom stereocenters. The first-order chi connectivity index (χ1) is 9.47. The summed E-state index contributed by atoms with van der Waals surface area (Å²) >= 11 is 3.25. The average Bonchev–Trinajstić information content (AvgIpc) is 2.42. The van der Waals surface area contributed by atoms with Crippen LogP contribution in [0.2, 0.25) is 0 Å². The number of nitrogens with zero attached hydrogens (tertiary/aromatic N) is 1. The first kappa shape index (κ1) is 15.9. The number of benzene rings is 1. The second kappa shape index (κ2) is 7.01. The fourth-order valence-electron chi connectivity index (χ4n) is 2.81. The van der Waals surface area contributed by atoms with E-state index in [1.807, 2.05) is 12.1 Å². The minimum absolute atomic E-state index is 0.203. The van der Waals surface area contributed by atoms with Crippen LogP contribution in [0.4, 0.5) is 4.39 Å². The molecule has 1 fully saturated rings. The summed E-state index contributed by atoms with van der Waals surface area (Å²) < 4.78 is 13.8. The van der Waals surface area contributed by atoms with Gasteiger partial charge in [-0.3, -0.25) is 0 Å². The van der Waals surface area contributed by atoms with Gasteiger partial charge in [-0.1, -0.05) is 6.07 Å². The molecule has 0 aromatic heterocycles. The van der Waals surface area contributed by atoms with Crippen molar-refractivity contribution in [3.05, 3.63) is 34.1 Å². The molecule has 1 saturated heterocycles. The summed E-state index contributed by atoms with van der Waals surface area (Å²) in [4.78, 5) is 2.53. The molecule has 1 aromatic carbocycles. The highest BCUT2D eigenvalue weighted by Crippen LogP contribution is 2.23. The van der Waals surface area contributed by atoms with Crippen LogP contribution in [0.5, 0.6) is 0 Å². The maximum Gasteiger partial charge on any atom is 0.137 e. The van der Waals surface area contributed by atoms with E-state index < -0.39 is 0 Å². The summed E-state index contributed by atoms with van der Waals surface area (Å²) in [6.07, 6.45) is 2.37. The lowest BCUT2D eigenvalue weighted by Gasteiger charge is -2.36. The zero-order chi connectivity index (χ0) is 14.7. The number of rotatable bonds is 4. The Morgan fingerprint density at radius 1 is 1.25 bits per heavy atom. The smallest absolute Gasteiger partial charge is 0.137 e. The highest BCUT2D eigenvalue weighted by Gasteiger charge is 2.22. The lowest BCUT2D eigenvalue weighted by atomic mass is 10.0. The van der Waals surface area contributed by atoms with Gasteiger partial charge in [-0.15, -0.1) is 0 Å². The zero-order valence-corrected chi connectivity index (χ0v) is 14.1. The van der Waals surface area contributed by atoms with Gasteiger partial charge in [0.25, 0.3) is 0 Å². The molecule has 1 unspecified atom stereocenters. The molecule has 1 aliphatic rings. The van der Waals surface area contributed by atoms with Crippen molar-refractivity contribution in [3.8, 4) is 0 Å². The number of nitrogens with one attached hydrogen (secondary N) is 1. The second-order valence-electron chi connectivity index (χ2n) is 5.97. The SMILES string of the molecule is CC(NC1CCN(C(C)C)CC1)c1ccc(F)c(Br)c1. The monoisotopic (exact) mass is 342 g/mol. The number of halogens is 2. The van der Waals surface area contributed by atoms with Crippen LogP contribution < -0.4 is 5.32 Å². The van der Waals surface area contributed by atoms with Gasteiger partial charge >= 0.3 is 0 Å². The van der Waals surface area contributed by atoms with Crippen LogP contribution in [0.3, 0.4) is 0 Å². The highest BCUT2D eigenvalue weighted by molar-refractivity contribution is 9.10. The Morgan fingerprint density at radius 3 is 2.45 bits per heavy atom. The Hall–Kier alpha value is -0.450. The molecule has 0 radical (unpaired) electrons. The lowest BCUT2D eigenvalue weighted by molar-refractivity contribution is 0.157. The van der Waals surface area contributed by atoms with Crippen molar-refractivity contribution in [3.63, 3.8) is 0 Å². The summed E-state index contributed by atoms with van der Waals surface area (Å²) in [5.74, 6) is -0.203. The number of piperidine rings is 1. The van der Waals surface area contributed by atoms with Crippen LogP contribution >= 0.6 is 15.9 Å². The predicted octanol–water partition coefficient (Wildman–Crippen LogP) is 4.11. The van der Waals surface area contributed by atoms with Gasteiger partial charge in [0.2, 0.25) is 0 Å². The third kappa shape index (κ3) is 4.03. The molecular weight excluding hydrogens is 319 g/mol. The summed E-state index contributed by atoms with van der Waals surface area (Å²) in [6.45, 7) is 8.98. The van der Waals surface area contributed by atoms with E-state index in [4.69, 9.17) is 0 Å². The molecule has 1 aromatic rings. The van der Waals surface area contributed by atoms with Crippen molar-refractivity contribution < 1.29 is 4.39 Å². The van der Waals surface area contributed by atoms with Crippen molar-refractivity contribution in [1.29, 1.82) is 0 Å². The quantitative estimate of drug-likeness (QED) is 0.885. The Labute approximate surface area is 129 Å². The molecule has 0 spiro atoms. The molecule has 2 rings (SSSR count). The normalized spacial score (nSPS) is 19.5. The van der Waals surface area contributed by atoms with Crippen molar-refractivity contribution in [2.45, 2.75) is 51.7 Å². The van der Waals surface area contributed by atoms with Gasteiger partial charge in [0.05, 0.1) is 4.47 Å². The predicted molar refractivity (Wildman–Crippen MR) is 85.4 cm³/mol. The summed E-state index contributed by atoms with van der Waals surface area (Å²) in [5.41, 5.74) is 1.13. The maximum atomic E-state index is 13.3. The zero-order valence-electron chi connectivity index (χ0n) is 12.5. The number of likely N-dealkylation sites (tertiary alicyclic amines) is 1. The Kier molecular flexibility index (Phi) is 5.58. The Balaban J connectivity index is 1.89. The molecule has 0 amide bonds. The van der Waals surface area contributed by atoms with E-state index in [0.29, 0.717) is 16.6 Å². The van der Waals surface area contributed by atoms with Crippen LogP contribution in [0, 0.1) is 5.82 Å².